The van der Waals surface area contributed by atoms with Crippen LogP contribution in [0.1, 0.15) is 13.3 Å². The van der Waals surface area contributed by atoms with Crippen molar-refractivity contribution in [3.63, 3.8) is 0 Å². The van der Waals surface area contributed by atoms with E-state index in [1.54, 1.807) is 0 Å². The van der Waals surface area contributed by atoms with Crippen LogP contribution in [0, 0.1) is 0 Å². The SMILES string of the molecule is CCO[C@@H]1C=CN(C)CC1. The van der Waals surface area contributed by atoms with Crippen LogP contribution in [0.15, 0.2) is 12.3 Å². The topological polar surface area (TPSA) is 12.5 Å². The van der Waals surface area contributed by atoms with Gasteiger partial charge in [0.1, 0.15) is 0 Å². The highest BCUT2D eigenvalue weighted by Gasteiger charge is 2.08. The van der Waals surface area contributed by atoms with Crippen molar-refractivity contribution in [1.29, 1.82) is 0 Å². The molecule has 2 nitrogen and oxygen atoms in total. The van der Waals surface area contributed by atoms with E-state index in [0.717, 1.165) is 19.6 Å². The van der Waals surface area contributed by atoms with E-state index in [9.17, 15) is 0 Å². The van der Waals surface area contributed by atoms with Gasteiger partial charge in [-0.3, -0.25) is 0 Å². The first-order valence-electron chi connectivity index (χ1n) is 3.83. The fraction of sp³-hybridized carbons (Fsp3) is 0.750. The van der Waals surface area contributed by atoms with Gasteiger partial charge >= 0.3 is 0 Å². The third kappa shape index (κ3) is 2.03. The van der Waals surface area contributed by atoms with Gasteiger partial charge in [-0.15, -0.1) is 0 Å². The van der Waals surface area contributed by atoms with Crippen molar-refractivity contribution in [1.82, 2.24) is 4.90 Å². The molecule has 1 aliphatic heterocycles. The fourth-order valence-electron chi connectivity index (χ4n) is 1.10. The Morgan fingerprint density at radius 3 is 3.00 bits per heavy atom. The van der Waals surface area contributed by atoms with Crippen LogP contribution in [-0.4, -0.2) is 31.2 Å². The van der Waals surface area contributed by atoms with Gasteiger partial charge in [-0.2, -0.15) is 0 Å². The molecule has 0 N–H and O–H groups in total. The lowest BCUT2D eigenvalue weighted by Gasteiger charge is -2.23. The first kappa shape index (κ1) is 7.61. The number of hydrogen-bond donors (Lipinski definition) is 0. The molecule has 0 aliphatic carbocycles. The number of nitrogens with zero attached hydrogens (tertiary/aromatic N) is 1. The van der Waals surface area contributed by atoms with Gasteiger partial charge in [-0.25, -0.2) is 0 Å². The molecule has 0 saturated heterocycles. The van der Waals surface area contributed by atoms with Crippen molar-refractivity contribution in [2.75, 3.05) is 20.2 Å². The van der Waals surface area contributed by atoms with Crippen molar-refractivity contribution in [3.05, 3.63) is 12.3 Å². The molecule has 0 spiro atoms. The predicted molar refractivity (Wildman–Crippen MR) is 41.8 cm³/mol. The molecule has 0 unspecified atom stereocenters. The lowest BCUT2D eigenvalue weighted by molar-refractivity contribution is 0.0785. The zero-order valence-corrected chi connectivity index (χ0v) is 6.71. The third-order valence-corrected chi connectivity index (χ3v) is 1.70. The molecule has 0 aromatic heterocycles. The summed E-state index contributed by atoms with van der Waals surface area (Å²) >= 11 is 0. The molecule has 0 radical (unpaired) electrons. The third-order valence-electron chi connectivity index (χ3n) is 1.70. The number of ether oxygens (including phenoxy) is 1. The van der Waals surface area contributed by atoms with Crippen LogP contribution in [0.2, 0.25) is 0 Å². The smallest absolute Gasteiger partial charge is 0.0789 e. The maximum atomic E-state index is 5.42. The van der Waals surface area contributed by atoms with Gasteiger partial charge in [-0.05, 0) is 25.6 Å². The summed E-state index contributed by atoms with van der Waals surface area (Å²) in [5.74, 6) is 0. The Labute approximate surface area is 62.5 Å². The second-order valence-corrected chi connectivity index (χ2v) is 2.60. The average molecular weight is 141 g/mol. The number of rotatable bonds is 2. The van der Waals surface area contributed by atoms with Crippen molar-refractivity contribution in [2.24, 2.45) is 0 Å². The van der Waals surface area contributed by atoms with E-state index in [1.165, 1.54) is 0 Å². The lowest BCUT2D eigenvalue weighted by atomic mass is 10.2. The van der Waals surface area contributed by atoms with E-state index in [2.05, 4.69) is 24.2 Å². The summed E-state index contributed by atoms with van der Waals surface area (Å²) in [5.41, 5.74) is 0. The molecule has 0 bridgehead atoms. The van der Waals surface area contributed by atoms with Crippen LogP contribution in [0.5, 0.6) is 0 Å². The first-order valence-corrected chi connectivity index (χ1v) is 3.83. The molecule has 1 aliphatic rings. The minimum atomic E-state index is 0.362. The monoisotopic (exact) mass is 141 g/mol. The van der Waals surface area contributed by atoms with Gasteiger partial charge in [0.25, 0.3) is 0 Å². The molecular formula is C8H15NO. The van der Waals surface area contributed by atoms with Crippen LogP contribution in [0.3, 0.4) is 0 Å². The molecule has 1 rings (SSSR count). The number of hydrogen-bond acceptors (Lipinski definition) is 2. The van der Waals surface area contributed by atoms with Crippen LogP contribution in [-0.2, 0) is 4.74 Å². The van der Waals surface area contributed by atoms with E-state index in [4.69, 9.17) is 4.74 Å². The molecular weight excluding hydrogens is 126 g/mol. The molecule has 0 saturated carbocycles. The molecule has 0 amide bonds. The summed E-state index contributed by atoms with van der Waals surface area (Å²) in [6.45, 7) is 3.96. The molecule has 0 aromatic carbocycles. The molecule has 1 heterocycles. The zero-order valence-electron chi connectivity index (χ0n) is 6.71. The van der Waals surface area contributed by atoms with E-state index in [0.29, 0.717) is 6.10 Å². The standard InChI is InChI=1S/C8H15NO/c1-3-10-8-4-6-9(2)7-5-8/h4,6,8H,3,5,7H2,1-2H3/t8-/m1/s1. The predicted octanol–water partition coefficient (Wildman–Crippen LogP) is 1.24. The van der Waals surface area contributed by atoms with Crippen molar-refractivity contribution >= 4 is 0 Å². The summed E-state index contributed by atoms with van der Waals surface area (Å²) in [4.78, 5) is 2.18. The summed E-state index contributed by atoms with van der Waals surface area (Å²) < 4.78 is 5.42. The van der Waals surface area contributed by atoms with Crippen LogP contribution in [0.4, 0.5) is 0 Å². The maximum absolute atomic E-state index is 5.42. The Morgan fingerprint density at radius 2 is 2.50 bits per heavy atom. The maximum Gasteiger partial charge on any atom is 0.0789 e. The largest absolute Gasteiger partial charge is 0.380 e. The normalized spacial score (nSPS) is 25.4. The Kier molecular flexibility index (Phi) is 2.75. The second-order valence-electron chi connectivity index (χ2n) is 2.60. The highest BCUT2D eigenvalue weighted by Crippen LogP contribution is 2.07. The van der Waals surface area contributed by atoms with Gasteiger partial charge in [0.2, 0.25) is 0 Å². The van der Waals surface area contributed by atoms with E-state index in [1.807, 2.05) is 6.92 Å². The quantitative estimate of drug-likeness (QED) is 0.573. The Hall–Kier alpha value is -0.500. The molecule has 2 heteroatoms. The Bertz CT molecular complexity index is 122. The van der Waals surface area contributed by atoms with Gasteiger partial charge in [0, 0.05) is 20.2 Å². The summed E-state index contributed by atoms with van der Waals surface area (Å²) in [6.07, 6.45) is 5.69. The van der Waals surface area contributed by atoms with Gasteiger partial charge < -0.3 is 9.64 Å². The second kappa shape index (κ2) is 3.62. The van der Waals surface area contributed by atoms with E-state index < -0.39 is 0 Å². The van der Waals surface area contributed by atoms with Crippen LogP contribution >= 0.6 is 0 Å². The van der Waals surface area contributed by atoms with Crippen molar-refractivity contribution in [2.45, 2.75) is 19.4 Å². The fourth-order valence-corrected chi connectivity index (χ4v) is 1.10. The molecule has 0 aromatic rings. The molecule has 1 atom stereocenters. The Morgan fingerprint density at radius 1 is 1.70 bits per heavy atom. The molecule has 10 heavy (non-hydrogen) atoms. The summed E-state index contributed by atoms with van der Waals surface area (Å²) in [6, 6.07) is 0. The molecule has 0 fully saturated rings. The van der Waals surface area contributed by atoms with Gasteiger partial charge in [0.05, 0.1) is 6.10 Å². The van der Waals surface area contributed by atoms with Crippen molar-refractivity contribution in [3.8, 4) is 0 Å². The minimum Gasteiger partial charge on any atom is -0.380 e. The van der Waals surface area contributed by atoms with E-state index in [-0.39, 0.29) is 0 Å². The van der Waals surface area contributed by atoms with Crippen LogP contribution in [0.25, 0.3) is 0 Å². The first-order chi connectivity index (χ1) is 4.83. The summed E-state index contributed by atoms with van der Waals surface area (Å²) in [5, 5.41) is 0. The summed E-state index contributed by atoms with van der Waals surface area (Å²) in [7, 11) is 2.08. The highest BCUT2D eigenvalue weighted by molar-refractivity contribution is 4.93. The van der Waals surface area contributed by atoms with Crippen molar-refractivity contribution < 1.29 is 4.74 Å². The molecule has 58 valence electrons. The van der Waals surface area contributed by atoms with Crippen LogP contribution < -0.4 is 0 Å². The minimum absolute atomic E-state index is 0.362. The zero-order chi connectivity index (χ0) is 7.40. The lowest BCUT2D eigenvalue weighted by Crippen LogP contribution is -2.25. The van der Waals surface area contributed by atoms with Gasteiger partial charge in [0.15, 0.2) is 0 Å². The van der Waals surface area contributed by atoms with E-state index >= 15 is 0 Å². The highest BCUT2D eigenvalue weighted by atomic mass is 16.5. The average Bonchev–Trinajstić information content (AvgIpc) is 1.95. The Balaban J connectivity index is 2.30. The van der Waals surface area contributed by atoms with Gasteiger partial charge in [-0.1, -0.05) is 0 Å².